The van der Waals surface area contributed by atoms with E-state index in [1.165, 1.54) is 21.8 Å². The lowest BCUT2D eigenvalue weighted by molar-refractivity contribution is 1.55. The Balaban J connectivity index is 0.000000292. The molecular formula is C13H12N2S. The highest BCUT2D eigenvalue weighted by molar-refractivity contribution is 7.78. The molecule has 0 aliphatic rings. The first-order valence-corrected chi connectivity index (χ1v) is 5.45. The molecular weight excluding hydrogens is 216 g/mol. The van der Waals surface area contributed by atoms with Gasteiger partial charge in [0.15, 0.2) is 0 Å². The monoisotopic (exact) mass is 228 g/mol. The predicted molar refractivity (Wildman–Crippen MR) is 73.6 cm³/mol. The second kappa shape index (κ2) is 4.77. The molecule has 3 rings (SSSR count). The van der Waals surface area contributed by atoms with Crippen LogP contribution in [0.5, 0.6) is 0 Å². The maximum absolute atomic E-state index is 4.54. The van der Waals surface area contributed by atoms with Crippen LogP contribution >= 0.6 is 12.2 Å². The van der Waals surface area contributed by atoms with Gasteiger partial charge in [0.2, 0.25) is 0 Å². The molecule has 0 aliphatic carbocycles. The number of aromatic amines is 1. The number of rotatable bonds is 0. The molecule has 0 spiro atoms. The molecule has 3 N–H and O–H groups in total. The van der Waals surface area contributed by atoms with Gasteiger partial charge in [0.05, 0.1) is 5.49 Å². The van der Waals surface area contributed by atoms with Crippen molar-refractivity contribution in [3.8, 4) is 0 Å². The second-order valence-electron chi connectivity index (χ2n) is 3.35. The highest BCUT2D eigenvalue weighted by atomic mass is 32.1. The van der Waals surface area contributed by atoms with Crippen LogP contribution in [0.3, 0.4) is 0 Å². The van der Waals surface area contributed by atoms with Crippen LogP contribution in [-0.2, 0) is 0 Å². The highest BCUT2D eigenvalue weighted by Crippen LogP contribution is 2.24. The average Bonchev–Trinajstić information content (AvgIpc) is 2.68. The minimum Gasteiger partial charge on any atom is -0.396 e. The van der Waals surface area contributed by atoms with Gasteiger partial charge in [-0.3, -0.25) is 0 Å². The molecule has 3 aromatic rings. The molecule has 0 bridgehead atoms. The molecule has 0 atom stereocenters. The minimum absolute atomic E-state index is 1.08. The summed E-state index contributed by atoms with van der Waals surface area (Å²) in [5.41, 5.74) is 8.04. The van der Waals surface area contributed by atoms with E-state index in [4.69, 9.17) is 0 Å². The predicted octanol–water partition coefficient (Wildman–Crippen LogP) is 3.22. The lowest BCUT2D eigenvalue weighted by Gasteiger charge is -1.87. The molecule has 0 saturated carbocycles. The third kappa shape index (κ3) is 1.90. The Bertz CT molecular complexity index is 563. The summed E-state index contributed by atoms with van der Waals surface area (Å²) >= 11 is 4.05. The summed E-state index contributed by atoms with van der Waals surface area (Å²) in [7, 11) is 0. The van der Waals surface area contributed by atoms with Crippen LogP contribution in [0.15, 0.2) is 48.5 Å². The van der Waals surface area contributed by atoms with E-state index < -0.39 is 0 Å². The van der Waals surface area contributed by atoms with Crippen molar-refractivity contribution >= 4 is 39.5 Å². The summed E-state index contributed by atoms with van der Waals surface area (Å²) in [4.78, 5) is 3.38. The number of fused-ring (bicyclic) bond motifs is 3. The van der Waals surface area contributed by atoms with Crippen molar-refractivity contribution in [1.29, 1.82) is 0 Å². The number of nitrogens with two attached hydrogens (primary N) is 1. The van der Waals surface area contributed by atoms with Crippen LogP contribution in [0.1, 0.15) is 0 Å². The summed E-state index contributed by atoms with van der Waals surface area (Å²) < 4.78 is 0. The van der Waals surface area contributed by atoms with Gasteiger partial charge in [-0.05, 0) is 12.1 Å². The Morgan fingerprint density at radius 2 is 1.25 bits per heavy atom. The van der Waals surface area contributed by atoms with Crippen molar-refractivity contribution < 1.29 is 0 Å². The number of benzene rings is 2. The van der Waals surface area contributed by atoms with E-state index in [1.54, 1.807) is 0 Å². The van der Waals surface area contributed by atoms with E-state index in [0.29, 0.717) is 0 Å². The maximum atomic E-state index is 4.54. The normalized spacial score (nSPS) is 9.75. The SMILES string of the molecule is NC=S.c1ccc2c(c1)[nH]c1ccccc12. The fourth-order valence-electron chi connectivity index (χ4n) is 1.80. The van der Waals surface area contributed by atoms with E-state index in [1.807, 2.05) is 0 Å². The van der Waals surface area contributed by atoms with Crippen LogP contribution in [0.4, 0.5) is 0 Å². The number of aromatic nitrogens is 1. The van der Waals surface area contributed by atoms with E-state index in [2.05, 4.69) is 71.5 Å². The summed E-state index contributed by atoms with van der Waals surface area (Å²) in [5, 5.41) is 2.61. The molecule has 80 valence electrons. The number of nitrogens with one attached hydrogen (secondary N) is 1. The molecule has 2 nitrogen and oxygen atoms in total. The van der Waals surface area contributed by atoms with Crippen molar-refractivity contribution in [3.63, 3.8) is 0 Å². The smallest absolute Gasteiger partial charge is 0.0588 e. The van der Waals surface area contributed by atoms with Crippen LogP contribution in [0.2, 0.25) is 0 Å². The molecule has 1 heterocycles. The maximum Gasteiger partial charge on any atom is 0.0588 e. The Hall–Kier alpha value is -1.87. The van der Waals surface area contributed by atoms with E-state index in [-0.39, 0.29) is 0 Å². The quantitative estimate of drug-likeness (QED) is 0.580. The lowest BCUT2D eigenvalue weighted by atomic mass is 10.2. The second-order valence-corrected chi connectivity index (χ2v) is 3.62. The standard InChI is InChI=1S/C12H9N.CH3NS/c1-3-7-11-9(5-1)10-6-2-4-8-12(10)13-11;2-1-3/h1-8,13H;1H,(H2,2,3). The van der Waals surface area contributed by atoms with Gasteiger partial charge in [-0.15, -0.1) is 0 Å². The fraction of sp³-hybridized carbons (Fsp3) is 0. The first-order chi connectivity index (χ1) is 7.86. The van der Waals surface area contributed by atoms with Gasteiger partial charge in [-0.2, -0.15) is 0 Å². The first kappa shape index (κ1) is 10.6. The molecule has 0 fully saturated rings. The van der Waals surface area contributed by atoms with Gasteiger partial charge in [0.25, 0.3) is 0 Å². The van der Waals surface area contributed by atoms with Gasteiger partial charge in [-0.1, -0.05) is 48.6 Å². The molecule has 0 saturated heterocycles. The zero-order valence-corrected chi connectivity index (χ0v) is 9.50. The van der Waals surface area contributed by atoms with Crippen LogP contribution in [0, 0.1) is 0 Å². The molecule has 2 aromatic carbocycles. The Kier molecular flexibility index (Phi) is 3.17. The highest BCUT2D eigenvalue weighted by Gasteiger charge is 2.00. The van der Waals surface area contributed by atoms with E-state index in [9.17, 15) is 0 Å². The number of hydrogen-bond acceptors (Lipinski definition) is 1. The molecule has 1 aromatic heterocycles. The molecule has 0 aliphatic heterocycles. The molecule has 16 heavy (non-hydrogen) atoms. The van der Waals surface area contributed by atoms with Crippen LogP contribution in [0.25, 0.3) is 21.8 Å². The van der Waals surface area contributed by atoms with Gasteiger partial charge in [-0.25, -0.2) is 0 Å². The number of para-hydroxylation sites is 2. The zero-order chi connectivity index (χ0) is 11.4. The van der Waals surface area contributed by atoms with Crippen LogP contribution < -0.4 is 5.73 Å². The topological polar surface area (TPSA) is 41.8 Å². The number of H-pyrrole nitrogens is 1. The average molecular weight is 228 g/mol. The van der Waals surface area contributed by atoms with Gasteiger partial charge in [0, 0.05) is 21.8 Å². The van der Waals surface area contributed by atoms with Gasteiger partial charge >= 0.3 is 0 Å². The molecule has 0 unspecified atom stereocenters. The zero-order valence-electron chi connectivity index (χ0n) is 8.68. The van der Waals surface area contributed by atoms with Crippen molar-refractivity contribution in [2.45, 2.75) is 0 Å². The molecule has 3 heteroatoms. The van der Waals surface area contributed by atoms with E-state index >= 15 is 0 Å². The summed E-state index contributed by atoms with van der Waals surface area (Å²) in [6, 6.07) is 16.8. The van der Waals surface area contributed by atoms with Crippen LogP contribution in [-0.4, -0.2) is 10.5 Å². The first-order valence-electron chi connectivity index (χ1n) is 4.97. The lowest BCUT2D eigenvalue weighted by Crippen LogP contribution is -1.79. The Morgan fingerprint density at radius 1 is 0.875 bits per heavy atom. The third-order valence-electron chi connectivity index (χ3n) is 2.41. The third-order valence-corrected chi connectivity index (χ3v) is 2.41. The summed E-state index contributed by atoms with van der Waals surface area (Å²) in [5.74, 6) is 0. The molecule has 0 radical (unpaired) electrons. The van der Waals surface area contributed by atoms with Crippen molar-refractivity contribution in [2.75, 3.05) is 0 Å². The summed E-state index contributed by atoms with van der Waals surface area (Å²) in [6.07, 6.45) is 0. The Labute approximate surface area is 99.1 Å². The van der Waals surface area contributed by atoms with Crippen molar-refractivity contribution in [3.05, 3.63) is 48.5 Å². The minimum atomic E-state index is 1.08. The largest absolute Gasteiger partial charge is 0.396 e. The van der Waals surface area contributed by atoms with Crippen molar-refractivity contribution in [2.24, 2.45) is 5.73 Å². The van der Waals surface area contributed by atoms with Gasteiger partial charge < -0.3 is 10.7 Å². The van der Waals surface area contributed by atoms with Crippen molar-refractivity contribution in [1.82, 2.24) is 4.98 Å². The van der Waals surface area contributed by atoms with E-state index in [0.717, 1.165) is 5.49 Å². The summed E-state index contributed by atoms with van der Waals surface area (Å²) in [6.45, 7) is 0. The number of thiocarbonyl (C=S) groups is 1. The Morgan fingerprint density at radius 3 is 1.69 bits per heavy atom. The fourth-order valence-corrected chi connectivity index (χ4v) is 1.80. The van der Waals surface area contributed by atoms with Gasteiger partial charge in [0.1, 0.15) is 0 Å². The number of hydrogen-bond donors (Lipinski definition) is 2. The molecule has 0 amide bonds.